The zero-order valence-corrected chi connectivity index (χ0v) is 10.6. The third-order valence-corrected chi connectivity index (χ3v) is 3.64. The monoisotopic (exact) mass is 190 g/mol. The van der Waals surface area contributed by atoms with Crippen LogP contribution < -0.4 is 0 Å². The second kappa shape index (κ2) is 3.76. The van der Waals surface area contributed by atoms with E-state index in [1.165, 1.54) is 27.8 Å². The predicted octanol–water partition coefficient (Wildman–Crippen LogP) is 4.35. The highest BCUT2D eigenvalue weighted by molar-refractivity contribution is 5.50. The lowest BCUT2D eigenvalue weighted by molar-refractivity contribution is 0.837. The first-order valence-electron chi connectivity index (χ1n) is 5.44. The second-order valence-corrected chi connectivity index (χ2v) is 4.69. The molecule has 0 atom stereocenters. The van der Waals surface area contributed by atoms with Crippen LogP contribution >= 0.6 is 0 Å². The first-order valence-corrected chi connectivity index (χ1v) is 5.44. The molecule has 0 aliphatic rings. The van der Waals surface area contributed by atoms with Crippen molar-refractivity contribution in [3.8, 4) is 0 Å². The van der Waals surface area contributed by atoms with E-state index in [4.69, 9.17) is 0 Å². The molecule has 0 fully saturated rings. The summed E-state index contributed by atoms with van der Waals surface area (Å²) < 4.78 is 0. The van der Waals surface area contributed by atoms with Crippen molar-refractivity contribution in [1.29, 1.82) is 0 Å². The van der Waals surface area contributed by atoms with E-state index in [0.717, 1.165) is 0 Å². The van der Waals surface area contributed by atoms with Crippen molar-refractivity contribution in [2.75, 3.05) is 0 Å². The van der Waals surface area contributed by atoms with Crippen molar-refractivity contribution < 1.29 is 0 Å². The van der Waals surface area contributed by atoms with Crippen LogP contribution in [0.15, 0.2) is 0 Å². The van der Waals surface area contributed by atoms with Gasteiger partial charge in [-0.2, -0.15) is 0 Å². The molecular weight excluding hydrogens is 168 g/mol. The van der Waals surface area contributed by atoms with E-state index in [2.05, 4.69) is 48.5 Å². The summed E-state index contributed by atoms with van der Waals surface area (Å²) in [4.78, 5) is 0. The van der Waals surface area contributed by atoms with Crippen LogP contribution in [0.1, 0.15) is 53.1 Å². The molecule has 0 heterocycles. The van der Waals surface area contributed by atoms with Crippen molar-refractivity contribution in [2.24, 2.45) is 0 Å². The van der Waals surface area contributed by atoms with Gasteiger partial charge < -0.3 is 0 Å². The van der Waals surface area contributed by atoms with Crippen LogP contribution in [0.2, 0.25) is 0 Å². The number of hydrogen-bond acceptors (Lipinski definition) is 0. The maximum absolute atomic E-state index is 2.28. The van der Waals surface area contributed by atoms with Gasteiger partial charge in [0.15, 0.2) is 0 Å². The Morgan fingerprint density at radius 3 is 1.14 bits per heavy atom. The van der Waals surface area contributed by atoms with E-state index >= 15 is 0 Å². The Hall–Kier alpha value is -0.780. The molecule has 0 bridgehead atoms. The lowest BCUT2D eigenvalue weighted by Gasteiger charge is -2.21. The smallest absolute Gasteiger partial charge is 0.0213 e. The summed E-state index contributed by atoms with van der Waals surface area (Å²) in [5.74, 6) is 0.632. The van der Waals surface area contributed by atoms with Crippen molar-refractivity contribution in [3.63, 3.8) is 0 Å². The van der Waals surface area contributed by atoms with Gasteiger partial charge in [-0.1, -0.05) is 13.8 Å². The maximum Gasteiger partial charge on any atom is -0.0213 e. The average molecular weight is 190 g/mol. The quantitative estimate of drug-likeness (QED) is 0.617. The Balaban J connectivity index is 3.60. The van der Waals surface area contributed by atoms with E-state index in [0.29, 0.717) is 5.92 Å². The highest BCUT2D eigenvalue weighted by Crippen LogP contribution is 2.30. The summed E-state index contributed by atoms with van der Waals surface area (Å²) in [5.41, 5.74) is 8.92. The lowest BCUT2D eigenvalue weighted by atomic mass is 9.85. The van der Waals surface area contributed by atoms with Gasteiger partial charge in [-0.05, 0) is 73.9 Å². The zero-order chi connectivity index (χ0) is 11.0. The SMILES string of the molecule is Cc1c(C)c(C)c(C(C)C)c(C)c1C. The van der Waals surface area contributed by atoms with Crippen LogP contribution in [0.25, 0.3) is 0 Å². The van der Waals surface area contributed by atoms with Crippen LogP contribution in [0.3, 0.4) is 0 Å². The number of hydrogen-bond donors (Lipinski definition) is 0. The Morgan fingerprint density at radius 2 is 0.857 bits per heavy atom. The van der Waals surface area contributed by atoms with E-state index in [1.807, 2.05) is 0 Å². The number of benzene rings is 1. The van der Waals surface area contributed by atoms with E-state index < -0.39 is 0 Å². The molecule has 14 heavy (non-hydrogen) atoms. The van der Waals surface area contributed by atoms with E-state index in [9.17, 15) is 0 Å². The summed E-state index contributed by atoms with van der Waals surface area (Å²) in [5, 5.41) is 0. The molecule has 0 aliphatic heterocycles. The minimum Gasteiger partial charge on any atom is -0.0587 e. The number of rotatable bonds is 1. The summed E-state index contributed by atoms with van der Waals surface area (Å²) in [6, 6.07) is 0. The molecule has 0 nitrogen and oxygen atoms in total. The predicted molar refractivity (Wildman–Crippen MR) is 64.2 cm³/mol. The highest BCUT2D eigenvalue weighted by Gasteiger charge is 2.13. The standard InChI is InChI=1S/C14H22/c1-8(2)14-12(6)10(4)9(3)11(5)13(14)7/h8H,1-7H3. The Kier molecular flexibility index (Phi) is 3.04. The second-order valence-electron chi connectivity index (χ2n) is 4.69. The van der Waals surface area contributed by atoms with Crippen LogP contribution in [0.4, 0.5) is 0 Å². The molecule has 0 heteroatoms. The van der Waals surface area contributed by atoms with Crippen LogP contribution in [0, 0.1) is 34.6 Å². The Bertz CT molecular complexity index is 328. The molecule has 0 N–H and O–H groups in total. The molecule has 0 spiro atoms. The zero-order valence-electron chi connectivity index (χ0n) is 10.6. The molecule has 0 saturated carbocycles. The molecule has 1 aromatic carbocycles. The average Bonchev–Trinajstić information content (AvgIpc) is 2.11. The first kappa shape index (κ1) is 11.3. The molecular formula is C14H22. The van der Waals surface area contributed by atoms with E-state index in [1.54, 1.807) is 5.56 Å². The summed E-state index contributed by atoms with van der Waals surface area (Å²) >= 11 is 0. The Labute approximate surface area is 88.4 Å². The van der Waals surface area contributed by atoms with Gasteiger partial charge in [0, 0.05) is 0 Å². The van der Waals surface area contributed by atoms with Gasteiger partial charge in [0.05, 0.1) is 0 Å². The van der Waals surface area contributed by atoms with Crippen molar-refractivity contribution in [2.45, 2.75) is 54.4 Å². The third kappa shape index (κ3) is 1.58. The van der Waals surface area contributed by atoms with E-state index in [-0.39, 0.29) is 0 Å². The fourth-order valence-corrected chi connectivity index (χ4v) is 2.40. The molecule has 1 aromatic rings. The minimum atomic E-state index is 0.632. The largest absolute Gasteiger partial charge is 0.0587 e. The van der Waals surface area contributed by atoms with Gasteiger partial charge in [-0.15, -0.1) is 0 Å². The van der Waals surface area contributed by atoms with Gasteiger partial charge in [0.1, 0.15) is 0 Å². The molecule has 78 valence electrons. The molecule has 0 saturated heterocycles. The van der Waals surface area contributed by atoms with Gasteiger partial charge in [-0.3, -0.25) is 0 Å². The third-order valence-electron chi connectivity index (χ3n) is 3.64. The Morgan fingerprint density at radius 1 is 0.571 bits per heavy atom. The van der Waals surface area contributed by atoms with Crippen molar-refractivity contribution in [3.05, 3.63) is 33.4 Å². The summed E-state index contributed by atoms with van der Waals surface area (Å²) in [6.07, 6.45) is 0. The lowest BCUT2D eigenvalue weighted by Crippen LogP contribution is -2.04. The summed E-state index contributed by atoms with van der Waals surface area (Å²) in [7, 11) is 0. The van der Waals surface area contributed by atoms with Crippen LogP contribution in [-0.2, 0) is 0 Å². The topological polar surface area (TPSA) is 0 Å². The molecule has 0 aromatic heterocycles. The highest BCUT2D eigenvalue weighted by atomic mass is 14.2. The maximum atomic E-state index is 2.28. The fraction of sp³-hybridized carbons (Fsp3) is 0.571. The van der Waals surface area contributed by atoms with Crippen molar-refractivity contribution >= 4 is 0 Å². The normalized spacial score (nSPS) is 11.1. The fourth-order valence-electron chi connectivity index (χ4n) is 2.40. The summed E-state index contributed by atoms with van der Waals surface area (Å²) in [6.45, 7) is 15.8. The first-order chi connectivity index (χ1) is 6.37. The van der Waals surface area contributed by atoms with Gasteiger partial charge in [-0.25, -0.2) is 0 Å². The minimum absolute atomic E-state index is 0.632. The van der Waals surface area contributed by atoms with Gasteiger partial charge >= 0.3 is 0 Å². The van der Waals surface area contributed by atoms with Gasteiger partial charge in [0.25, 0.3) is 0 Å². The van der Waals surface area contributed by atoms with Gasteiger partial charge in [0.2, 0.25) is 0 Å². The van der Waals surface area contributed by atoms with Crippen LogP contribution in [0.5, 0.6) is 0 Å². The molecule has 1 rings (SSSR count). The molecule has 0 unspecified atom stereocenters. The molecule has 0 aliphatic carbocycles. The van der Waals surface area contributed by atoms with Crippen LogP contribution in [-0.4, -0.2) is 0 Å². The molecule has 0 radical (unpaired) electrons. The molecule has 0 amide bonds. The van der Waals surface area contributed by atoms with Crippen molar-refractivity contribution in [1.82, 2.24) is 0 Å².